The Morgan fingerprint density at radius 3 is 1.54 bits per heavy atom. The van der Waals surface area contributed by atoms with Crippen LogP contribution in [-0.4, -0.2) is 72.8 Å². The van der Waals surface area contributed by atoms with Gasteiger partial charge in [-0.05, 0) is 19.3 Å². The minimum atomic E-state index is -1.17. The van der Waals surface area contributed by atoms with Gasteiger partial charge in [-0.25, -0.2) is 4.79 Å². The molecule has 0 fully saturated rings. The lowest BCUT2D eigenvalue weighted by molar-refractivity contribution is -0.142. The Morgan fingerprint density at radius 2 is 1.07 bits per heavy atom. The Morgan fingerprint density at radius 1 is 0.610 bits per heavy atom. The number of unbranched alkanes of at least 4 members (excludes halogenated alkanes) is 15. The molecule has 0 saturated heterocycles. The summed E-state index contributed by atoms with van der Waals surface area (Å²) in [7, 11) is 0. The average Bonchev–Trinajstić information content (AvgIpc) is 2.93. The van der Waals surface area contributed by atoms with Gasteiger partial charge in [-0.15, -0.1) is 0 Å². The summed E-state index contributed by atoms with van der Waals surface area (Å²) in [4.78, 5) is 56.0. The minimum absolute atomic E-state index is 0.00840. The van der Waals surface area contributed by atoms with Crippen molar-refractivity contribution in [3.8, 4) is 0 Å². The van der Waals surface area contributed by atoms with E-state index >= 15 is 0 Å². The first-order valence-electron chi connectivity index (χ1n) is 15.5. The highest BCUT2D eigenvalue weighted by Crippen LogP contribution is 2.14. The number of carbonyl (C=O) groups excluding carboxylic acids is 3. The van der Waals surface area contributed by atoms with Gasteiger partial charge in [-0.3, -0.25) is 14.4 Å². The minimum Gasteiger partial charge on any atom is -0.481 e. The Kier molecular flexibility index (Phi) is 27.2. The first kappa shape index (κ1) is 38.5. The van der Waals surface area contributed by atoms with Crippen LogP contribution in [0.4, 0.5) is 0 Å². The van der Waals surface area contributed by atoms with Crippen molar-refractivity contribution in [1.29, 1.82) is 0 Å². The maximum atomic E-state index is 12.2. The van der Waals surface area contributed by atoms with Crippen molar-refractivity contribution in [2.75, 3.05) is 26.6 Å². The summed E-state index contributed by atoms with van der Waals surface area (Å²) in [5, 5.41) is 23.0. The van der Waals surface area contributed by atoms with Crippen LogP contribution < -0.4 is 10.6 Å². The second-order valence-electron chi connectivity index (χ2n) is 10.4. The molecule has 0 aliphatic rings. The van der Waals surface area contributed by atoms with Crippen LogP contribution in [-0.2, 0) is 33.4 Å². The molecule has 0 aromatic rings. The molecular formula is C30H54N2O9. The predicted octanol–water partition coefficient (Wildman–Crippen LogP) is 4.75. The van der Waals surface area contributed by atoms with E-state index in [2.05, 4.69) is 10.6 Å². The van der Waals surface area contributed by atoms with Crippen LogP contribution in [0.15, 0.2) is 0 Å². The lowest BCUT2D eigenvalue weighted by Crippen LogP contribution is -2.41. The molecule has 0 rings (SSSR count). The molecule has 11 heteroatoms. The van der Waals surface area contributed by atoms with Gasteiger partial charge in [-0.2, -0.15) is 0 Å². The van der Waals surface area contributed by atoms with Crippen LogP contribution in [0.3, 0.4) is 0 Å². The SMILES string of the molecule is O=CCOCCOCNC(=O)CCC(NC(=O)CCCCCCCCCCCCCCCCCCC(=O)O)C(=O)O. The maximum Gasteiger partial charge on any atom is 0.326 e. The summed E-state index contributed by atoms with van der Waals surface area (Å²) in [6, 6.07) is -1.11. The first-order chi connectivity index (χ1) is 19.9. The van der Waals surface area contributed by atoms with Gasteiger partial charge in [0.05, 0.1) is 13.2 Å². The molecule has 0 aliphatic heterocycles. The van der Waals surface area contributed by atoms with Crippen molar-refractivity contribution >= 4 is 30.0 Å². The maximum absolute atomic E-state index is 12.2. The topological polar surface area (TPSA) is 168 Å². The van der Waals surface area contributed by atoms with Crippen molar-refractivity contribution < 1.29 is 43.7 Å². The zero-order valence-corrected chi connectivity index (χ0v) is 24.9. The fraction of sp³-hybridized carbons (Fsp3) is 0.833. The lowest BCUT2D eigenvalue weighted by Gasteiger charge is -2.14. The molecule has 0 aromatic carbocycles. The van der Waals surface area contributed by atoms with E-state index in [0.717, 1.165) is 38.5 Å². The number of hydrogen-bond donors (Lipinski definition) is 4. The number of aliphatic carboxylic acids is 2. The van der Waals surface area contributed by atoms with E-state index in [-0.39, 0.29) is 57.6 Å². The van der Waals surface area contributed by atoms with Crippen LogP contribution in [0.25, 0.3) is 0 Å². The molecular weight excluding hydrogens is 532 g/mol. The molecule has 0 spiro atoms. The van der Waals surface area contributed by atoms with Gasteiger partial charge in [0, 0.05) is 19.3 Å². The molecule has 1 unspecified atom stereocenters. The molecule has 1 atom stereocenters. The number of rotatable bonds is 31. The zero-order valence-electron chi connectivity index (χ0n) is 24.9. The van der Waals surface area contributed by atoms with Crippen molar-refractivity contribution in [1.82, 2.24) is 10.6 Å². The van der Waals surface area contributed by atoms with E-state index in [1.54, 1.807) is 0 Å². The van der Waals surface area contributed by atoms with Gasteiger partial charge in [0.1, 0.15) is 25.7 Å². The number of carboxylic acid groups (broad SMARTS) is 2. The van der Waals surface area contributed by atoms with E-state index < -0.39 is 18.0 Å². The molecule has 0 bridgehead atoms. The fourth-order valence-electron chi connectivity index (χ4n) is 4.38. The molecule has 4 N–H and O–H groups in total. The molecule has 0 aromatic heterocycles. The van der Waals surface area contributed by atoms with E-state index in [1.807, 2.05) is 0 Å². The predicted molar refractivity (Wildman–Crippen MR) is 155 cm³/mol. The Hall–Kier alpha value is -2.53. The first-order valence-corrected chi connectivity index (χ1v) is 15.5. The van der Waals surface area contributed by atoms with Gasteiger partial charge < -0.3 is 35.1 Å². The second kappa shape index (κ2) is 29.0. The molecule has 0 saturated carbocycles. The fourth-order valence-corrected chi connectivity index (χ4v) is 4.38. The monoisotopic (exact) mass is 586 g/mol. The van der Waals surface area contributed by atoms with E-state index in [9.17, 15) is 29.1 Å². The highest BCUT2D eigenvalue weighted by atomic mass is 16.5. The number of carbonyl (C=O) groups is 5. The summed E-state index contributed by atoms with van der Waals surface area (Å²) >= 11 is 0. The van der Waals surface area contributed by atoms with Gasteiger partial charge in [-0.1, -0.05) is 89.9 Å². The molecule has 0 heterocycles. The third-order valence-corrected chi connectivity index (χ3v) is 6.77. The van der Waals surface area contributed by atoms with Gasteiger partial charge in [0.25, 0.3) is 0 Å². The number of nitrogens with one attached hydrogen (secondary N) is 2. The number of hydrogen-bond acceptors (Lipinski definition) is 7. The number of amides is 2. The second-order valence-corrected chi connectivity index (χ2v) is 10.4. The van der Waals surface area contributed by atoms with Crippen LogP contribution in [0.1, 0.15) is 128 Å². The van der Waals surface area contributed by atoms with Crippen molar-refractivity contribution in [2.45, 2.75) is 134 Å². The molecule has 11 nitrogen and oxygen atoms in total. The molecule has 238 valence electrons. The van der Waals surface area contributed by atoms with E-state index in [1.165, 1.54) is 57.8 Å². The van der Waals surface area contributed by atoms with Crippen molar-refractivity contribution in [2.24, 2.45) is 0 Å². The number of aldehydes is 1. The summed E-state index contributed by atoms with van der Waals surface area (Å²) < 4.78 is 10.0. The number of ether oxygens (including phenoxy) is 2. The summed E-state index contributed by atoms with van der Waals surface area (Å²) in [6.45, 7) is 0.381. The largest absolute Gasteiger partial charge is 0.481 e. The summed E-state index contributed by atoms with van der Waals surface area (Å²) in [5.41, 5.74) is 0. The highest BCUT2D eigenvalue weighted by Gasteiger charge is 2.20. The highest BCUT2D eigenvalue weighted by molar-refractivity contribution is 5.84. The quantitative estimate of drug-likeness (QED) is 0.0509. The Bertz CT molecular complexity index is 703. The van der Waals surface area contributed by atoms with E-state index in [0.29, 0.717) is 19.1 Å². The van der Waals surface area contributed by atoms with Crippen molar-refractivity contribution in [3.63, 3.8) is 0 Å². The Balaban J connectivity index is 3.59. The van der Waals surface area contributed by atoms with Crippen LogP contribution in [0.2, 0.25) is 0 Å². The van der Waals surface area contributed by atoms with Crippen LogP contribution in [0.5, 0.6) is 0 Å². The third-order valence-electron chi connectivity index (χ3n) is 6.77. The van der Waals surface area contributed by atoms with Crippen LogP contribution >= 0.6 is 0 Å². The lowest BCUT2D eigenvalue weighted by atomic mass is 10.0. The van der Waals surface area contributed by atoms with Crippen molar-refractivity contribution in [3.05, 3.63) is 0 Å². The zero-order chi connectivity index (χ0) is 30.4. The molecule has 0 radical (unpaired) electrons. The standard InChI is InChI=1S/C30H54N2O9/c33-21-22-40-23-24-41-25-31-27(34)20-19-26(30(38)39)32-28(35)17-15-13-11-9-7-5-3-1-2-4-6-8-10-12-14-16-18-29(36)37/h21,26H,1-20,22-25H2,(H,31,34)(H,32,35)(H,36,37)(H,38,39). The number of carboxylic acids is 2. The summed E-state index contributed by atoms with van der Waals surface area (Å²) in [6.07, 6.45) is 19.2. The average molecular weight is 587 g/mol. The molecule has 41 heavy (non-hydrogen) atoms. The van der Waals surface area contributed by atoms with Crippen LogP contribution in [0, 0.1) is 0 Å². The van der Waals surface area contributed by atoms with Gasteiger partial charge in [0.2, 0.25) is 11.8 Å². The van der Waals surface area contributed by atoms with E-state index in [4.69, 9.17) is 14.6 Å². The van der Waals surface area contributed by atoms with Gasteiger partial charge >= 0.3 is 11.9 Å². The Labute approximate surface area is 245 Å². The normalized spacial score (nSPS) is 11.6. The summed E-state index contributed by atoms with van der Waals surface area (Å²) in [5.74, 6) is -2.55. The smallest absolute Gasteiger partial charge is 0.326 e. The molecule has 0 aliphatic carbocycles. The van der Waals surface area contributed by atoms with Gasteiger partial charge in [0.15, 0.2) is 0 Å². The third kappa shape index (κ3) is 28.8. The molecule has 2 amide bonds.